The highest BCUT2D eigenvalue weighted by molar-refractivity contribution is 7.15. The first-order chi connectivity index (χ1) is 13.9. The lowest BCUT2D eigenvalue weighted by molar-refractivity contribution is -0.130. The summed E-state index contributed by atoms with van der Waals surface area (Å²) >= 11 is 8.17. The molecule has 8 heteroatoms. The predicted molar refractivity (Wildman–Crippen MR) is 117 cm³/mol. The van der Waals surface area contributed by atoms with Gasteiger partial charge in [0.25, 0.3) is 0 Å². The maximum Gasteiger partial charge on any atom is 0.219 e. The summed E-state index contributed by atoms with van der Waals surface area (Å²) in [4.78, 5) is 21.6. The summed E-state index contributed by atoms with van der Waals surface area (Å²) in [7, 11) is 0. The molecule has 1 aliphatic heterocycles. The van der Waals surface area contributed by atoms with E-state index in [1.54, 1.807) is 18.3 Å². The van der Waals surface area contributed by atoms with Crippen molar-refractivity contribution in [1.82, 2.24) is 14.8 Å². The average Bonchev–Trinajstić information content (AvgIpc) is 3.12. The number of fused-ring (bicyclic) bond motifs is 1. The number of carbonyl (C=O) groups is 1. The fourth-order valence-corrected chi connectivity index (χ4v) is 5.40. The van der Waals surface area contributed by atoms with Crippen LogP contribution in [-0.2, 0) is 17.8 Å². The molecule has 1 unspecified atom stereocenters. The van der Waals surface area contributed by atoms with E-state index < -0.39 is 6.10 Å². The molecule has 2 heterocycles. The van der Waals surface area contributed by atoms with E-state index in [-0.39, 0.29) is 5.91 Å². The number of hydrogen-bond acceptors (Lipinski definition) is 6. The van der Waals surface area contributed by atoms with Gasteiger partial charge in [0, 0.05) is 55.2 Å². The van der Waals surface area contributed by atoms with Crippen LogP contribution in [0.1, 0.15) is 47.6 Å². The highest BCUT2D eigenvalue weighted by Crippen LogP contribution is 2.37. The van der Waals surface area contributed by atoms with Crippen molar-refractivity contribution in [3.05, 3.63) is 38.9 Å². The molecule has 2 aromatic rings. The van der Waals surface area contributed by atoms with E-state index in [9.17, 15) is 9.90 Å². The van der Waals surface area contributed by atoms with Gasteiger partial charge in [-0.3, -0.25) is 9.69 Å². The molecule has 1 aromatic heterocycles. The normalized spacial score (nSPS) is 19.9. The predicted octanol–water partition coefficient (Wildman–Crippen LogP) is 3.88. The third-order valence-corrected chi connectivity index (χ3v) is 7.31. The number of nitrogens with zero attached hydrogens (tertiary/aromatic N) is 3. The lowest BCUT2D eigenvalue weighted by Crippen LogP contribution is -2.47. The SMILES string of the molecule is CC(=O)N1CCN(Cc2c(Cl)ccc(Nc3nc4c(s3)CCCC4O)c2C)CC1. The summed E-state index contributed by atoms with van der Waals surface area (Å²) in [5.74, 6) is 0.140. The lowest BCUT2D eigenvalue weighted by atomic mass is 10.0. The van der Waals surface area contributed by atoms with Crippen molar-refractivity contribution in [2.24, 2.45) is 0 Å². The van der Waals surface area contributed by atoms with Gasteiger partial charge in [-0.25, -0.2) is 4.98 Å². The number of benzene rings is 1. The number of aryl methyl sites for hydroxylation is 1. The number of anilines is 2. The van der Waals surface area contributed by atoms with Crippen LogP contribution in [0.2, 0.25) is 5.02 Å². The largest absolute Gasteiger partial charge is 0.387 e. The molecule has 156 valence electrons. The topological polar surface area (TPSA) is 68.7 Å². The average molecular weight is 435 g/mol. The summed E-state index contributed by atoms with van der Waals surface area (Å²) in [5.41, 5.74) is 4.04. The maximum atomic E-state index is 11.5. The minimum atomic E-state index is -0.443. The zero-order valence-corrected chi connectivity index (χ0v) is 18.4. The van der Waals surface area contributed by atoms with E-state index in [4.69, 9.17) is 11.6 Å². The highest BCUT2D eigenvalue weighted by Gasteiger charge is 2.24. The Morgan fingerprint density at radius 1 is 1.34 bits per heavy atom. The van der Waals surface area contributed by atoms with Crippen molar-refractivity contribution in [3.8, 4) is 0 Å². The number of aliphatic hydroxyl groups is 1. The Kier molecular flexibility index (Phi) is 6.11. The van der Waals surface area contributed by atoms with Crippen molar-refractivity contribution in [2.75, 3.05) is 31.5 Å². The molecular formula is C21H27ClN4O2S. The van der Waals surface area contributed by atoms with Gasteiger partial charge in [0.1, 0.15) is 0 Å². The number of aromatic nitrogens is 1. The monoisotopic (exact) mass is 434 g/mol. The number of amides is 1. The molecule has 1 amide bonds. The number of nitrogens with one attached hydrogen (secondary N) is 1. The van der Waals surface area contributed by atoms with Crippen LogP contribution < -0.4 is 5.32 Å². The first-order valence-electron chi connectivity index (χ1n) is 10.1. The van der Waals surface area contributed by atoms with Crippen molar-refractivity contribution >= 4 is 39.7 Å². The summed E-state index contributed by atoms with van der Waals surface area (Å²) < 4.78 is 0. The van der Waals surface area contributed by atoms with Crippen LogP contribution in [0, 0.1) is 6.92 Å². The van der Waals surface area contributed by atoms with Gasteiger partial charge in [0.2, 0.25) is 5.91 Å². The Hall–Kier alpha value is -1.67. The zero-order valence-electron chi connectivity index (χ0n) is 16.9. The molecule has 1 aliphatic carbocycles. The fraction of sp³-hybridized carbons (Fsp3) is 0.524. The number of halogens is 1. The number of hydrogen-bond donors (Lipinski definition) is 2. The lowest BCUT2D eigenvalue weighted by Gasteiger charge is -2.34. The molecule has 1 saturated heterocycles. The van der Waals surface area contributed by atoms with Crippen LogP contribution in [0.4, 0.5) is 10.8 Å². The number of aliphatic hydroxyl groups excluding tert-OH is 1. The maximum absolute atomic E-state index is 11.5. The van der Waals surface area contributed by atoms with Gasteiger partial charge in [-0.2, -0.15) is 0 Å². The number of piperazine rings is 1. The first kappa shape index (κ1) is 20.6. The molecule has 2 N–H and O–H groups in total. The van der Waals surface area contributed by atoms with E-state index >= 15 is 0 Å². The van der Waals surface area contributed by atoms with Crippen LogP contribution in [0.25, 0.3) is 0 Å². The minimum absolute atomic E-state index is 0.140. The number of carbonyl (C=O) groups excluding carboxylic acids is 1. The van der Waals surface area contributed by atoms with E-state index in [0.717, 1.165) is 84.6 Å². The number of rotatable bonds is 4. The van der Waals surface area contributed by atoms with Crippen LogP contribution in [-0.4, -0.2) is 52.0 Å². The van der Waals surface area contributed by atoms with E-state index in [2.05, 4.69) is 22.1 Å². The second-order valence-corrected chi connectivity index (χ2v) is 9.33. The van der Waals surface area contributed by atoms with Crippen molar-refractivity contribution in [1.29, 1.82) is 0 Å². The van der Waals surface area contributed by atoms with Crippen LogP contribution in [0.3, 0.4) is 0 Å². The van der Waals surface area contributed by atoms with E-state index in [1.807, 2.05) is 17.0 Å². The second kappa shape index (κ2) is 8.60. The summed E-state index contributed by atoms with van der Waals surface area (Å²) in [6.45, 7) is 7.69. The van der Waals surface area contributed by atoms with Gasteiger partial charge in [0.05, 0.1) is 11.8 Å². The Morgan fingerprint density at radius 3 is 2.79 bits per heavy atom. The molecule has 4 rings (SSSR count). The van der Waals surface area contributed by atoms with Gasteiger partial charge >= 0.3 is 0 Å². The number of thiazole rings is 1. The summed E-state index contributed by atoms with van der Waals surface area (Å²) in [5, 5.41) is 15.2. The molecule has 29 heavy (non-hydrogen) atoms. The second-order valence-electron chi connectivity index (χ2n) is 7.84. The van der Waals surface area contributed by atoms with Gasteiger partial charge in [0.15, 0.2) is 5.13 Å². The quantitative estimate of drug-likeness (QED) is 0.764. The standard InChI is InChI=1S/C21H27ClN4O2S/c1-13-15(12-25-8-10-26(11-9-25)14(2)27)16(22)6-7-17(13)23-21-24-20-18(28)4-3-5-19(20)29-21/h6-7,18,28H,3-5,8-12H2,1-2H3,(H,23,24). The smallest absolute Gasteiger partial charge is 0.219 e. The van der Waals surface area contributed by atoms with E-state index in [1.165, 1.54) is 4.88 Å². The molecule has 1 aromatic carbocycles. The third-order valence-electron chi connectivity index (χ3n) is 5.91. The van der Waals surface area contributed by atoms with Crippen molar-refractivity contribution in [2.45, 2.75) is 45.8 Å². The van der Waals surface area contributed by atoms with Gasteiger partial charge in [-0.1, -0.05) is 11.6 Å². The zero-order chi connectivity index (χ0) is 20.5. The molecule has 6 nitrogen and oxygen atoms in total. The molecule has 1 fully saturated rings. The first-order valence-corrected chi connectivity index (χ1v) is 11.3. The summed E-state index contributed by atoms with van der Waals surface area (Å²) in [6, 6.07) is 3.92. The Bertz CT molecular complexity index is 908. The molecule has 0 bridgehead atoms. The van der Waals surface area contributed by atoms with Gasteiger partial charge in [-0.05, 0) is 49.4 Å². The Labute approximate surface area is 180 Å². The third kappa shape index (κ3) is 4.43. The van der Waals surface area contributed by atoms with Crippen molar-refractivity contribution < 1.29 is 9.90 Å². The highest BCUT2D eigenvalue weighted by atomic mass is 35.5. The molecule has 0 saturated carbocycles. The minimum Gasteiger partial charge on any atom is -0.387 e. The van der Waals surface area contributed by atoms with Crippen LogP contribution >= 0.6 is 22.9 Å². The molecule has 2 aliphatic rings. The van der Waals surface area contributed by atoms with Gasteiger partial charge in [-0.15, -0.1) is 11.3 Å². The van der Waals surface area contributed by atoms with Crippen LogP contribution in [0.5, 0.6) is 0 Å². The van der Waals surface area contributed by atoms with E-state index in [0.29, 0.717) is 0 Å². The Morgan fingerprint density at radius 2 is 2.10 bits per heavy atom. The van der Waals surface area contributed by atoms with Gasteiger partial charge < -0.3 is 15.3 Å². The van der Waals surface area contributed by atoms with Crippen molar-refractivity contribution in [3.63, 3.8) is 0 Å². The molecule has 1 atom stereocenters. The fourth-order valence-electron chi connectivity index (χ4n) is 4.06. The molecule has 0 spiro atoms. The van der Waals surface area contributed by atoms with Crippen LogP contribution in [0.15, 0.2) is 12.1 Å². The molecule has 0 radical (unpaired) electrons. The Balaban J connectivity index is 1.49. The summed E-state index contributed by atoms with van der Waals surface area (Å²) in [6.07, 6.45) is 2.35. The molecular weight excluding hydrogens is 408 g/mol.